The monoisotopic (exact) mass is 413 g/mol. The number of nitrogens with zero attached hydrogens (tertiary/aromatic N) is 1. The highest BCUT2D eigenvalue weighted by molar-refractivity contribution is 9.11. The molecule has 0 saturated carbocycles. The Morgan fingerprint density at radius 2 is 2.10 bits per heavy atom. The van der Waals surface area contributed by atoms with Gasteiger partial charge in [-0.15, -0.1) is 0 Å². The van der Waals surface area contributed by atoms with Crippen LogP contribution >= 0.6 is 31.9 Å². The lowest BCUT2D eigenvalue weighted by Gasteiger charge is -2.19. The van der Waals surface area contributed by atoms with Crippen molar-refractivity contribution in [2.75, 3.05) is 6.61 Å². The Hall–Kier alpha value is -0.950. The minimum atomic E-state index is -0.172. The second-order valence-corrected chi connectivity index (χ2v) is 6.34. The van der Waals surface area contributed by atoms with Gasteiger partial charge < -0.3 is 4.74 Å². The van der Waals surface area contributed by atoms with Crippen molar-refractivity contribution >= 4 is 31.9 Å². The van der Waals surface area contributed by atoms with Crippen LogP contribution in [0.5, 0.6) is 5.75 Å². The van der Waals surface area contributed by atoms with Crippen LogP contribution in [-0.2, 0) is 0 Å². The van der Waals surface area contributed by atoms with Crippen molar-refractivity contribution < 1.29 is 4.74 Å². The summed E-state index contributed by atoms with van der Waals surface area (Å²) < 4.78 is 7.60. The maximum absolute atomic E-state index is 5.75. The molecule has 0 saturated heterocycles. The molecule has 0 aliphatic heterocycles. The average molecular weight is 415 g/mol. The first kappa shape index (κ1) is 16.4. The summed E-state index contributed by atoms with van der Waals surface area (Å²) in [4.78, 5) is 4.24. The maximum Gasteiger partial charge on any atom is 0.137 e. The molecule has 112 valence electrons. The molecule has 21 heavy (non-hydrogen) atoms. The summed E-state index contributed by atoms with van der Waals surface area (Å²) in [5, 5.41) is 0. The molecule has 0 radical (unpaired) electrons. The quantitative estimate of drug-likeness (QED) is 0.555. The molecule has 1 heterocycles. The van der Waals surface area contributed by atoms with E-state index in [1.807, 2.05) is 24.3 Å². The number of nitrogens with two attached hydrogens (primary N) is 1. The molecule has 6 heteroatoms. The molecule has 1 unspecified atom stereocenters. The van der Waals surface area contributed by atoms with Gasteiger partial charge in [0.1, 0.15) is 5.75 Å². The fourth-order valence-electron chi connectivity index (χ4n) is 1.99. The van der Waals surface area contributed by atoms with Crippen molar-refractivity contribution in [3.63, 3.8) is 0 Å². The summed E-state index contributed by atoms with van der Waals surface area (Å²) in [6, 6.07) is 7.76. The predicted molar refractivity (Wildman–Crippen MR) is 91.0 cm³/mol. The topological polar surface area (TPSA) is 60.2 Å². The van der Waals surface area contributed by atoms with Crippen LogP contribution in [-0.4, -0.2) is 11.6 Å². The van der Waals surface area contributed by atoms with Crippen LogP contribution in [0.15, 0.2) is 45.6 Å². The van der Waals surface area contributed by atoms with Gasteiger partial charge >= 0.3 is 0 Å². The number of hydrazine groups is 1. The Labute approximate surface area is 141 Å². The van der Waals surface area contributed by atoms with Gasteiger partial charge in [0.25, 0.3) is 0 Å². The Morgan fingerprint density at radius 1 is 1.29 bits per heavy atom. The van der Waals surface area contributed by atoms with Crippen molar-refractivity contribution in [2.24, 2.45) is 5.84 Å². The Kier molecular flexibility index (Phi) is 6.17. The molecule has 2 aromatic rings. The summed E-state index contributed by atoms with van der Waals surface area (Å²) in [6.07, 6.45) is 4.46. The Morgan fingerprint density at radius 3 is 2.81 bits per heavy atom. The zero-order valence-corrected chi connectivity index (χ0v) is 14.8. The molecule has 0 fully saturated rings. The summed E-state index contributed by atoms with van der Waals surface area (Å²) in [7, 11) is 0. The van der Waals surface area contributed by atoms with Crippen molar-refractivity contribution in [3.8, 4) is 5.75 Å². The van der Waals surface area contributed by atoms with Crippen LogP contribution in [0.4, 0.5) is 0 Å². The smallest absolute Gasteiger partial charge is 0.137 e. The highest BCUT2D eigenvalue weighted by Gasteiger charge is 2.17. The van der Waals surface area contributed by atoms with Crippen LogP contribution in [0.25, 0.3) is 0 Å². The molecular formula is C15H17Br2N3O. The maximum atomic E-state index is 5.75. The molecule has 0 spiro atoms. The molecule has 2 rings (SSSR count). The summed E-state index contributed by atoms with van der Waals surface area (Å²) in [5.74, 6) is 6.50. The van der Waals surface area contributed by atoms with E-state index in [0.29, 0.717) is 6.61 Å². The van der Waals surface area contributed by atoms with Gasteiger partial charge in [0, 0.05) is 15.1 Å². The second-order valence-electron chi connectivity index (χ2n) is 4.57. The molecule has 1 aromatic carbocycles. The van der Waals surface area contributed by atoms with Gasteiger partial charge in [0.05, 0.1) is 18.8 Å². The number of ether oxygens (including phenoxy) is 1. The number of benzene rings is 1. The fraction of sp³-hybridized carbons (Fsp3) is 0.267. The van der Waals surface area contributed by atoms with Gasteiger partial charge in [-0.05, 0) is 41.8 Å². The van der Waals surface area contributed by atoms with Crippen LogP contribution in [0.1, 0.15) is 30.5 Å². The van der Waals surface area contributed by atoms with E-state index in [0.717, 1.165) is 32.2 Å². The first-order valence-corrected chi connectivity index (χ1v) is 8.23. The lowest BCUT2D eigenvalue weighted by Crippen LogP contribution is -2.29. The van der Waals surface area contributed by atoms with E-state index in [4.69, 9.17) is 10.6 Å². The predicted octanol–water partition coefficient (Wildman–Crippen LogP) is 3.95. The van der Waals surface area contributed by atoms with E-state index in [1.165, 1.54) is 0 Å². The van der Waals surface area contributed by atoms with E-state index in [1.54, 1.807) is 12.4 Å². The highest BCUT2D eigenvalue weighted by Crippen LogP contribution is 2.31. The SMILES string of the molecule is CCCOc1cncc(C(NN)c2cc(Br)ccc2Br)c1. The number of hydrogen-bond acceptors (Lipinski definition) is 4. The van der Waals surface area contributed by atoms with Crippen molar-refractivity contribution in [2.45, 2.75) is 19.4 Å². The molecule has 1 atom stereocenters. The molecule has 0 aliphatic rings. The van der Waals surface area contributed by atoms with E-state index < -0.39 is 0 Å². The molecule has 1 aromatic heterocycles. The molecule has 4 nitrogen and oxygen atoms in total. The summed E-state index contributed by atoms with van der Waals surface area (Å²) >= 11 is 7.05. The third kappa shape index (κ3) is 4.26. The zero-order valence-electron chi connectivity index (χ0n) is 11.6. The standard InChI is InChI=1S/C15H17Br2N3O/c1-2-5-21-12-6-10(8-19-9-12)15(20-18)13-7-11(16)3-4-14(13)17/h3-4,6-9,15,20H,2,5,18H2,1H3. The highest BCUT2D eigenvalue weighted by atomic mass is 79.9. The van der Waals surface area contributed by atoms with Crippen LogP contribution in [0.3, 0.4) is 0 Å². The minimum Gasteiger partial charge on any atom is -0.492 e. The van der Waals surface area contributed by atoms with Gasteiger partial charge in [-0.25, -0.2) is 5.43 Å². The third-order valence-corrected chi connectivity index (χ3v) is 4.19. The number of rotatable bonds is 6. The van der Waals surface area contributed by atoms with E-state index in [-0.39, 0.29) is 6.04 Å². The van der Waals surface area contributed by atoms with Crippen LogP contribution < -0.4 is 16.0 Å². The van der Waals surface area contributed by atoms with Crippen LogP contribution in [0.2, 0.25) is 0 Å². The van der Waals surface area contributed by atoms with Gasteiger partial charge in [0.2, 0.25) is 0 Å². The Balaban J connectivity index is 2.34. The lowest BCUT2D eigenvalue weighted by atomic mass is 10.0. The molecule has 0 aliphatic carbocycles. The third-order valence-electron chi connectivity index (χ3n) is 2.98. The fourth-order valence-corrected chi connectivity index (χ4v) is 2.85. The first-order valence-electron chi connectivity index (χ1n) is 6.64. The van der Waals surface area contributed by atoms with Crippen LogP contribution in [0, 0.1) is 0 Å². The number of aromatic nitrogens is 1. The van der Waals surface area contributed by atoms with Crippen molar-refractivity contribution in [1.29, 1.82) is 0 Å². The normalized spacial score (nSPS) is 12.2. The lowest BCUT2D eigenvalue weighted by molar-refractivity contribution is 0.315. The van der Waals surface area contributed by atoms with Gasteiger partial charge in [-0.2, -0.15) is 0 Å². The minimum absolute atomic E-state index is 0.172. The number of halogens is 2. The summed E-state index contributed by atoms with van der Waals surface area (Å²) in [6.45, 7) is 2.74. The number of pyridine rings is 1. The van der Waals surface area contributed by atoms with Crippen molar-refractivity contribution in [3.05, 3.63) is 56.7 Å². The van der Waals surface area contributed by atoms with Gasteiger partial charge in [-0.3, -0.25) is 10.8 Å². The second kappa shape index (κ2) is 7.89. The molecule has 0 bridgehead atoms. The van der Waals surface area contributed by atoms with Gasteiger partial charge in [-0.1, -0.05) is 38.8 Å². The molecule has 3 N–H and O–H groups in total. The van der Waals surface area contributed by atoms with E-state index in [9.17, 15) is 0 Å². The Bertz CT molecular complexity index is 607. The summed E-state index contributed by atoms with van der Waals surface area (Å²) in [5.41, 5.74) is 4.82. The number of nitrogens with one attached hydrogen (secondary N) is 1. The molecular weight excluding hydrogens is 398 g/mol. The molecule has 0 amide bonds. The largest absolute Gasteiger partial charge is 0.492 e. The van der Waals surface area contributed by atoms with Crippen molar-refractivity contribution in [1.82, 2.24) is 10.4 Å². The van der Waals surface area contributed by atoms with E-state index in [2.05, 4.69) is 49.2 Å². The average Bonchev–Trinajstić information content (AvgIpc) is 2.50. The number of hydrogen-bond donors (Lipinski definition) is 2. The first-order chi connectivity index (χ1) is 10.2. The zero-order chi connectivity index (χ0) is 15.2. The van der Waals surface area contributed by atoms with E-state index >= 15 is 0 Å². The van der Waals surface area contributed by atoms with Gasteiger partial charge in [0.15, 0.2) is 0 Å².